The quantitative estimate of drug-likeness (QED) is 0.400. The number of carbonyl (C=O) groups is 2. The van der Waals surface area contributed by atoms with Crippen molar-refractivity contribution < 1.29 is 14.0 Å². The van der Waals surface area contributed by atoms with Crippen molar-refractivity contribution >= 4 is 44.3 Å². The van der Waals surface area contributed by atoms with E-state index >= 15 is 0 Å². The zero-order valence-corrected chi connectivity index (χ0v) is 17.9. The molecular weight excluding hydrogens is 422 g/mol. The number of nitrogens with one attached hydrogen (secondary N) is 1. The second-order valence-electron chi connectivity index (χ2n) is 7.48. The first kappa shape index (κ1) is 20.1. The largest absolute Gasteiger partial charge is 0.443 e. The molecule has 3 aromatic carbocycles. The second kappa shape index (κ2) is 8.72. The normalized spacial score (nSPS) is 11.1. The maximum atomic E-state index is 12.4. The first-order chi connectivity index (χ1) is 15.6. The van der Waals surface area contributed by atoms with Crippen LogP contribution in [-0.2, 0) is 22.4 Å². The lowest BCUT2D eigenvalue weighted by molar-refractivity contribution is -0.124. The van der Waals surface area contributed by atoms with Crippen LogP contribution in [0.3, 0.4) is 0 Å². The van der Waals surface area contributed by atoms with E-state index in [2.05, 4.69) is 33.5 Å². The summed E-state index contributed by atoms with van der Waals surface area (Å²) in [6.07, 6.45) is 1.75. The third kappa shape index (κ3) is 4.43. The molecule has 7 heteroatoms. The highest BCUT2D eigenvalue weighted by atomic mass is 32.1. The fourth-order valence-corrected chi connectivity index (χ4v) is 4.56. The van der Waals surface area contributed by atoms with Gasteiger partial charge in [-0.3, -0.25) is 9.59 Å². The standard InChI is InChI=1S/C25H19N3O3S/c29-19(10-16-6-8-20-22(11-16)31-15-27-20)14-26-24(30)13-25-28-21-9-7-18(12-23(21)32-25)17-4-2-1-3-5-17/h1-9,11-12,15H,10,13-14H2,(H,26,30). The molecule has 0 saturated heterocycles. The molecule has 5 rings (SSSR count). The van der Waals surface area contributed by atoms with E-state index in [1.807, 2.05) is 42.5 Å². The van der Waals surface area contributed by atoms with E-state index < -0.39 is 0 Å². The number of Topliss-reactive ketones (excluding diaryl/α,β-unsaturated/α-hetero) is 1. The lowest BCUT2D eigenvalue weighted by Gasteiger charge is -2.04. The topological polar surface area (TPSA) is 85.1 Å². The molecule has 0 fully saturated rings. The van der Waals surface area contributed by atoms with Crippen LogP contribution in [-0.4, -0.2) is 28.2 Å². The van der Waals surface area contributed by atoms with Gasteiger partial charge in [-0.25, -0.2) is 9.97 Å². The Labute approximate surface area is 187 Å². The Morgan fingerprint density at radius 1 is 0.906 bits per heavy atom. The number of benzene rings is 3. The van der Waals surface area contributed by atoms with Crippen LogP contribution < -0.4 is 5.32 Å². The van der Waals surface area contributed by atoms with E-state index in [4.69, 9.17) is 4.42 Å². The fourth-order valence-electron chi connectivity index (χ4n) is 3.55. The Balaban J connectivity index is 1.18. The summed E-state index contributed by atoms with van der Waals surface area (Å²) in [5.74, 6) is -0.291. The average molecular weight is 442 g/mol. The van der Waals surface area contributed by atoms with Crippen LogP contribution in [0.2, 0.25) is 0 Å². The van der Waals surface area contributed by atoms with Crippen molar-refractivity contribution in [2.24, 2.45) is 0 Å². The molecule has 0 aliphatic heterocycles. The Morgan fingerprint density at radius 3 is 2.62 bits per heavy atom. The molecule has 6 nitrogen and oxygen atoms in total. The number of hydrogen-bond acceptors (Lipinski definition) is 6. The van der Waals surface area contributed by atoms with Gasteiger partial charge in [0.15, 0.2) is 17.8 Å². The van der Waals surface area contributed by atoms with E-state index in [0.29, 0.717) is 5.58 Å². The minimum atomic E-state index is -0.216. The molecule has 0 bridgehead atoms. The van der Waals surface area contributed by atoms with Crippen molar-refractivity contribution in [3.05, 3.63) is 83.7 Å². The van der Waals surface area contributed by atoms with Gasteiger partial charge in [-0.2, -0.15) is 0 Å². The maximum Gasteiger partial charge on any atom is 0.227 e. The summed E-state index contributed by atoms with van der Waals surface area (Å²) in [6, 6.07) is 21.7. The Bertz CT molecular complexity index is 1420. The Kier molecular flexibility index (Phi) is 5.47. The number of rotatable bonds is 7. The highest BCUT2D eigenvalue weighted by Gasteiger charge is 2.12. The first-order valence-electron chi connectivity index (χ1n) is 10.2. The SMILES string of the molecule is O=C(CNC(=O)Cc1nc2ccc(-c3ccccc3)cc2s1)Cc1ccc2ncoc2c1. The fraction of sp³-hybridized carbons (Fsp3) is 0.120. The van der Waals surface area contributed by atoms with Gasteiger partial charge in [-0.15, -0.1) is 11.3 Å². The average Bonchev–Trinajstić information content (AvgIpc) is 3.43. The molecule has 158 valence electrons. The third-order valence-electron chi connectivity index (χ3n) is 5.13. The van der Waals surface area contributed by atoms with Crippen LogP contribution >= 0.6 is 11.3 Å². The number of nitrogens with zero attached hydrogens (tertiary/aromatic N) is 2. The third-order valence-corrected chi connectivity index (χ3v) is 6.15. The van der Waals surface area contributed by atoms with Crippen LogP contribution in [0.1, 0.15) is 10.6 Å². The van der Waals surface area contributed by atoms with Crippen LogP contribution in [0.15, 0.2) is 77.5 Å². The predicted molar refractivity (Wildman–Crippen MR) is 124 cm³/mol. The van der Waals surface area contributed by atoms with Crippen LogP contribution in [0.25, 0.3) is 32.4 Å². The highest BCUT2D eigenvalue weighted by molar-refractivity contribution is 7.18. The Hall–Kier alpha value is -3.84. The molecule has 0 spiro atoms. The molecule has 1 amide bonds. The van der Waals surface area contributed by atoms with Crippen LogP contribution in [0.5, 0.6) is 0 Å². The predicted octanol–water partition coefficient (Wildman–Crippen LogP) is 4.58. The molecule has 1 N–H and O–H groups in total. The molecule has 32 heavy (non-hydrogen) atoms. The number of carbonyl (C=O) groups excluding carboxylic acids is 2. The number of amides is 1. The van der Waals surface area contributed by atoms with E-state index in [-0.39, 0.29) is 31.1 Å². The minimum Gasteiger partial charge on any atom is -0.443 e. The summed E-state index contributed by atoms with van der Waals surface area (Å²) in [5, 5.41) is 3.44. The lowest BCUT2D eigenvalue weighted by atomic mass is 10.1. The van der Waals surface area contributed by atoms with Crippen molar-refractivity contribution in [2.75, 3.05) is 6.54 Å². The molecule has 0 unspecified atom stereocenters. The number of ketones is 1. The monoisotopic (exact) mass is 441 g/mol. The van der Waals surface area contributed by atoms with Gasteiger partial charge in [0.05, 0.1) is 23.2 Å². The number of hydrogen-bond donors (Lipinski definition) is 1. The second-order valence-corrected chi connectivity index (χ2v) is 8.59. The highest BCUT2D eigenvalue weighted by Crippen LogP contribution is 2.28. The summed E-state index contributed by atoms with van der Waals surface area (Å²) in [7, 11) is 0. The van der Waals surface area contributed by atoms with Gasteiger partial charge in [0.25, 0.3) is 0 Å². The van der Waals surface area contributed by atoms with Gasteiger partial charge >= 0.3 is 0 Å². The molecule has 5 aromatic rings. The van der Waals surface area contributed by atoms with Gasteiger partial charge in [0, 0.05) is 6.42 Å². The van der Waals surface area contributed by atoms with Gasteiger partial charge in [-0.1, -0.05) is 42.5 Å². The molecule has 0 radical (unpaired) electrons. The zero-order chi connectivity index (χ0) is 21.9. The molecule has 2 heterocycles. The summed E-state index contributed by atoms with van der Waals surface area (Å²) in [4.78, 5) is 33.3. The van der Waals surface area contributed by atoms with Crippen molar-refractivity contribution in [2.45, 2.75) is 12.8 Å². The molecule has 0 aliphatic rings. The van der Waals surface area contributed by atoms with Gasteiger partial charge in [-0.05, 0) is 41.0 Å². The van der Waals surface area contributed by atoms with E-state index in [1.165, 1.54) is 17.7 Å². The van der Waals surface area contributed by atoms with Gasteiger partial charge in [0.1, 0.15) is 10.5 Å². The molecule has 0 aliphatic carbocycles. The van der Waals surface area contributed by atoms with E-state index in [1.54, 1.807) is 6.07 Å². The van der Waals surface area contributed by atoms with Gasteiger partial charge < -0.3 is 9.73 Å². The number of aromatic nitrogens is 2. The number of thiazole rings is 1. The molecule has 0 atom stereocenters. The number of fused-ring (bicyclic) bond motifs is 2. The molecule has 0 saturated carbocycles. The molecule has 2 aromatic heterocycles. The Morgan fingerprint density at radius 2 is 1.75 bits per heavy atom. The van der Waals surface area contributed by atoms with Crippen LogP contribution in [0, 0.1) is 0 Å². The van der Waals surface area contributed by atoms with E-state index in [9.17, 15) is 9.59 Å². The molecular formula is C25H19N3O3S. The van der Waals surface area contributed by atoms with Crippen molar-refractivity contribution in [1.29, 1.82) is 0 Å². The summed E-state index contributed by atoms with van der Waals surface area (Å²) < 4.78 is 6.30. The van der Waals surface area contributed by atoms with Crippen molar-refractivity contribution in [1.82, 2.24) is 15.3 Å². The number of oxazole rings is 1. The zero-order valence-electron chi connectivity index (χ0n) is 17.1. The van der Waals surface area contributed by atoms with Gasteiger partial charge in [0.2, 0.25) is 5.91 Å². The van der Waals surface area contributed by atoms with E-state index in [0.717, 1.165) is 37.4 Å². The van der Waals surface area contributed by atoms with Crippen LogP contribution in [0.4, 0.5) is 0 Å². The first-order valence-corrected chi connectivity index (χ1v) is 11.0. The lowest BCUT2D eigenvalue weighted by Crippen LogP contribution is -2.31. The maximum absolute atomic E-state index is 12.4. The summed E-state index contributed by atoms with van der Waals surface area (Å²) >= 11 is 1.50. The van der Waals surface area contributed by atoms with Crippen molar-refractivity contribution in [3.8, 4) is 11.1 Å². The smallest absolute Gasteiger partial charge is 0.227 e. The minimum absolute atomic E-state index is 0.0175. The summed E-state index contributed by atoms with van der Waals surface area (Å²) in [5.41, 5.74) is 5.35. The van der Waals surface area contributed by atoms with Crippen molar-refractivity contribution in [3.63, 3.8) is 0 Å². The summed E-state index contributed by atoms with van der Waals surface area (Å²) in [6.45, 7) is -0.0175.